The summed E-state index contributed by atoms with van der Waals surface area (Å²) >= 11 is 5.82. The van der Waals surface area contributed by atoms with Crippen LogP contribution in [0.25, 0.3) is 10.9 Å². The van der Waals surface area contributed by atoms with Crippen LogP contribution >= 0.6 is 11.6 Å². The van der Waals surface area contributed by atoms with Crippen LogP contribution in [0.3, 0.4) is 0 Å². The van der Waals surface area contributed by atoms with Crippen molar-refractivity contribution in [3.05, 3.63) is 74.5 Å². The molecule has 3 rings (SSSR count). The zero-order valence-electron chi connectivity index (χ0n) is 13.5. The van der Waals surface area contributed by atoms with Crippen molar-refractivity contribution < 1.29 is 9.90 Å². The van der Waals surface area contributed by atoms with Gasteiger partial charge in [0, 0.05) is 17.1 Å². The number of aromatic nitrogens is 2. The van der Waals surface area contributed by atoms with Crippen molar-refractivity contribution >= 4 is 28.4 Å². The molecule has 2 aromatic carbocycles. The Kier molecular flexibility index (Phi) is 5.32. The molecule has 1 amide bonds. The van der Waals surface area contributed by atoms with Crippen molar-refractivity contribution in [1.82, 2.24) is 15.5 Å². The van der Waals surface area contributed by atoms with Crippen molar-refractivity contribution in [2.24, 2.45) is 0 Å². The molecule has 0 fully saturated rings. The van der Waals surface area contributed by atoms with Gasteiger partial charge in [0.25, 0.3) is 5.91 Å². The standard InChI is InChI=1S/C19H14ClN3O3/c20-14-6-3-13(4-7-14)11-21-19(26)17-18(25)15-10-12(2-1-9-24)5-8-16(15)22-23-17/h3-8,10,24H,9,11H2,(H,21,26)(H,22,25). The molecule has 6 nitrogen and oxygen atoms in total. The van der Waals surface area contributed by atoms with Crippen LogP contribution in [0.15, 0.2) is 47.3 Å². The normalized spacial score (nSPS) is 10.2. The van der Waals surface area contributed by atoms with Crippen LogP contribution in [0.2, 0.25) is 5.02 Å². The van der Waals surface area contributed by atoms with Crippen LogP contribution in [-0.2, 0) is 6.54 Å². The van der Waals surface area contributed by atoms with Crippen LogP contribution in [-0.4, -0.2) is 27.8 Å². The lowest BCUT2D eigenvalue weighted by atomic mass is 10.1. The maximum Gasteiger partial charge on any atom is 0.276 e. The van der Waals surface area contributed by atoms with Crippen LogP contribution < -0.4 is 10.7 Å². The minimum atomic E-state index is -0.574. The molecule has 0 atom stereocenters. The van der Waals surface area contributed by atoms with E-state index in [0.29, 0.717) is 21.5 Å². The third kappa shape index (κ3) is 3.91. The van der Waals surface area contributed by atoms with Gasteiger partial charge in [0.15, 0.2) is 5.69 Å². The van der Waals surface area contributed by atoms with Gasteiger partial charge in [0.05, 0.1) is 10.9 Å². The van der Waals surface area contributed by atoms with Crippen molar-refractivity contribution in [3.63, 3.8) is 0 Å². The highest BCUT2D eigenvalue weighted by molar-refractivity contribution is 6.30. The van der Waals surface area contributed by atoms with Crippen LogP contribution in [0.4, 0.5) is 0 Å². The first-order valence-corrected chi connectivity index (χ1v) is 8.11. The number of fused-ring (bicyclic) bond motifs is 1. The second-order valence-corrected chi connectivity index (χ2v) is 5.87. The molecule has 0 aliphatic rings. The summed E-state index contributed by atoms with van der Waals surface area (Å²) in [5.41, 5.74) is 1.20. The van der Waals surface area contributed by atoms with Gasteiger partial charge in [-0.1, -0.05) is 35.6 Å². The number of nitrogens with zero attached hydrogens (tertiary/aromatic N) is 1. The van der Waals surface area contributed by atoms with Crippen molar-refractivity contribution in [2.45, 2.75) is 6.54 Å². The fraction of sp³-hybridized carbons (Fsp3) is 0.105. The number of halogens is 1. The molecule has 1 heterocycles. The van der Waals surface area contributed by atoms with E-state index in [1.165, 1.54) is 0 Å². The number of carbonyl (C=O) groups excluding carboxylic acids is 1. The second kappa shape index (κ2) is 7.83. The first-order chi connectivity index (χ1) is 12.6. The highest BCUT2D eigenvalue weighted by Crippen LogP contribution is 2.11. The molecule has 3 aromatic rings. The number of aliphatic hydroxyl groups is 1. The second-order valence-electron chi connectivity index (χ2n) is 5.43. The monoisotopic (exact) mass is 367 g/mol. The maximum atomic E-state index is 12.6. The predicted molar refractivity (Wildman–Crippen MR) is 98.9 cm³/mol. The van der Waals surface area contributed by atoms with E-state index in [0.717, 1.165) is 5.56 Å². The third-order valence-electron chi connectivity index (χ3n) is 3.66. The summed E-state index contributed by atoms with van der Waals surface area (Å²) < 4.78 is 0. The number of carbonyl (C=O) groups is 1. The number of aromatic amines is 1. The van der Waals surface area contributed by atoms with Crippen LogP contribution in [0.1, 0.15) is 21.6 Å². The first-order valence-electron chi connectivity index (χ1n) is 7.73. The molecular weight excluding hydrogens is 354 g/mol. The average molecular weight is 368 g/mol. The van der Waals surface area contributed by atoms with E-state index < -0.39 is 11.3 Å². The number of nitrogens with one attached hydrogen (secondary N) is 2. The van der Waals surface area contributed by atoms with Gasteiger partial charge in [0.1, 0.15) is 6.61 Å². The Balaban J connectivity index is 1.86. The molecule has 0 saturated carbocycles. The third-order valence-corrected chi connectivity index (χ3v) is 3.91. The van der Waals surface area contributed by atoms with Gasteiger partial charge in [0.2, 0.25) is 5.43 Å². The Morgan fingerprint density at radius 3 is 2.73 bits per heavy atom. The molecule has 3 N–H and O–H groups in total. The fourth-order valence-corrected chi connectivity index (χ4v) is 2.49. The van der Waals surface area contributed by atoms with Gasteiger partial charge in [-0.3, -0.25) is 14.7 Å². The molecule has 0 aliphatic heterocycles. The molecule has 0 bridgehead atoms. The van der Waals surface area contributed by atoms with Crippen molar-refractivity contribution in [3.8, 4) is 11.8 Å². The molecule has 0 spiro atoms. The fourth-order valence-electron chi connectivity index (χ4n) is 2.37. The average Bonchev–Trinajstić information content (AvgIpc) is 2.66. The molecule has 26 heavy (non-hydrogen) atoms. The number of amides is 1. The smallest absolute Gasteiger partial charge is 0.276 e. The van der Waals surface area contributed by atoms with Crippen LogP contribution in [0, 0.1) is 11.8 Å². The van der Waals surface area contributed by atoms with E-state index in [-0.39, 0.29) is 18.8 Å². The summed E-state index contributed by atoms with van der Waals surface area (Å²) in [5, 5.41) is 18.9. The zero-order chi connectivity index (χ0) is 18.5. The highest BCUT2D eigenvalue weighted by atomic mass is 35.5. The topological polar surface area (TPSA) is 95.1 Å². The number of H-pyrrole nitrogens is 1. The Hall–Kier alpha value is -3.14. The highest BCUT2D eigenvalue weighted by Gasteiger charge is 2.15. The zero-order valence-corrected chi connectivity index (χ0v) is 14.3. The Labute approximate surface area is 153 Å². The molecule has 130 valence electrons. The van der Waals surface area contributed by atoms with Gasteiger partial charge in [-0.2, -0.15) is 5.10 Å². The quantitative estimate of drug-likeness (QED) is 0.616. The van der Waals surface area contributed by atoms with E-state index in [1.807, 2.05) is 0 Å². The Morgan fingerprint density at radius 2 is 2.00 bits per heavy atom. The number of hydrogen-bond donors (Lipinski definition) is 3. The number of hydrogen-bond acceptors (Lipinski definition) is 4. The molecule has 1 aromatic heterocycles. The summed E-state index contributed by atoms with van der Waals surface area (Å²) in [7, 11) is 0. The number of aliphatic hydroxyl groups excluding tert-OH is 1. The summed E-state index contributed by atoms with van der Waals surface area (Å²) in [4.78, 5) is 24.9. The lowest BCUT2D eigenvalue weighted by Crippen LogP contribution is -2.30. The van der Waals surface area contributed by atoms with E-state index in [2.05, 4.69) is 27.4 Å². The van der Waals surface area contributed by atoms with Gasteiger partial charge in [-0.25, -0.2) is 0 Å². The number of rotatable bonds is 3. The SMILES string of the molecule is O=C(NCc1ccc(Cl)cc1)c1n[nH]c2ccc(C#CCO)cc2c1=O. The van der Waals surface area contributed by atoms with E-state index in [4.69, 9.17) is 16.7 Å². The van der Waals surface area contributed by atoms with Crippen LogP contribution in [0.5, 0.6) is 0 Å². The molecular formula is C19H14ClN3O3. The first kappa shape index (κ1) is 17.7. The Morgan fingerprint density at radius 1 is 1.23 bits per heavy atom. The van der Waals surface area contributed by atoms with Gasteiger partial charge in [-0.05, 0) is 35.9 Å². The summed E-state index contributed by atoms with van der Waals surface area (Å²) in [6.45, 7) is -0.0275. The number of benzene rings is 2. The summed E-state index contributed by atoms with van der Waals surface area (Å²) in [6.07, 6.45) is 0. The van der Waals surface area contributed by atoms with E-state index in [9.17, 15) is 9.59 Å². The lowest BCUT2D eigenvalue weighted by molar-refractivity contribution is 0.0944. The molecule has 7 heteroatoms. The molecule has 0 aliphatic carbocycles. The van der Waals surface area contributed by atoms with Gasteiger partial charge in [-0.15, -0.1) is 0 Å². The molecule has 0 unspecified atom stereocenters. The van der Waals surface area contributed by atoms with E-state index in [1.54, 1.807) is 42.5 Å². The molecule has 0 radical (unpaired) electrons. The maximum absolute atomic E-state index is 12.6. The minimum Gasteiger partial charge on any atom is -0.384 e. The lowest BCUT2D eigenvalue weighted by Gasteiger charge is -2.06. The molecule has 0 saturated heterocycles. The largest absolute Gasteiger partial charge is 0.384 e. The van der Waals surface area contributed by atoms with Crippen molar-refractivity contribution in [1.29, 1.82) is 0 Å². The van der Waals surface area contributed by atoms with Gasteiger partial charge >= 0.3 is 0 Å². The summed E-state index contributed by atoms with van der Waals surface area (Å²) in [6, 6.07) is 11.9. The van der Waals surface area contributed by atoms with E-state index >= 15 is 0 Å². The van der Waals surface area contributed by atoms with Gasteiger partial charge < -0.3 is 10.4 Å². The Bertz CT molecular complexity index is 1080. The minimum absolute atomic E-state index is 0.223. The summed E-state index contributed by atoms with van der Waals surface area (Å²) in [5.74, 6) is 4.67. The van der Waals surface area contributed by atoms with Crippen molar-refractivity contribution in [2.75, 3.05) is 6.61 Å². The predicted octanol–water partition coefficient (Wildman–Crippen LogP) is 1.85.